The SMILES string of the molecule is c1sc(CNC2CC2)nc1COCC1CCCC1. The summed E-state index contributed by atoms with van der Waals surface area (Å²) in [4.78, 5) is 4.61. The second-order valence-electron chi connectivity index (χ2n) is 5.55. The quantitative estimate of drug-likeness (QED) is 0.823. The predicted octanol–water partition coefficient (Wildman–Crippen LogP) is 3.10. The number of hydrogen-bond donors (Lipinski definition) is 1. The summed E-state index contributed by atoms with van der Waals surface area (Å²) in [6, 6.07) is 0.760. The molecule has 2 aliphatic rings. The van der Waals surface area contributed by atoms with Gasteiger partial charge in [0.2, 0.25) is 0 Å². The van der Waals surface area contributed by atoms with Crippen LogP contribution in [0.2, 0.25) is 0 Å². The molecule has 1 aromatic heterocycles. The zero-order chi connectivity index (χ0) is 12.2. The van der Waals surface area contributed by atoms with Gasteiger partial charge in [-0.05, 0) is 31.6 Å². The summed E-state index contributed by atoms with van der Waals surface area (Å²) in [6.07, 6.45) is 8.16. The number of aromatic nitrogens is 1. The predicted molar refractivity (Wildman–Crippen MR) is 73.6 cm³/mol. The number of thiazole rings is 1. The van der Waals surface area contributed by atoms with E-state index in [4.69, 9.17) is 4.74 Å². The maximum absolute atomic E-state index is 5.78. The van der Waals surface area contributed by atoms with E-state index in [1.807, 2.05) is 0 Å². The van der Waals surface area contributed by atoms with E-state index in [1.54, 1.807) is 11.3 Å². The molecule has 0 aromatic carbocycles. The minimum Gasteiger partial charge on any atom is -0.375 e. The second kappa shape index (κ2) is 6.13. The Bertz CT molecular complexity index is 370. The number of hydrogen-bond acceptors (Lipinski definition) is 4. The van der Waals surface area contributed by atoms with Gasteiger partial charge in [-0.2, -0.15) is 0 Å². The Morgan fingerprint density at radius 2 is 2.11 bits per heavy atom. The van der Waals surface area contributed by atoms with E-state index in [-0.39, 0.29) is 0 Å². The van der Waals surface area contributed by atoms with Crippen LogP contribution in [0.4, 0.5) is 0 Å². The molecule has 0 atom stereocenters. The lowest BCUT2D eigenvalue weighted by Gasteiger charge is -2.08. The highest BCUT2D eigenvalue weighted by Gasteiger charge is 2.20. The highest BCUT2D eigenvalue weighted by Crippen LogP contribution is 2.25. The van der Waals surface area contributed by atoms with Gasteiger partial charge >= 0.3 is 0 Å². The minimum absolute atomic E-state index is 0.691. The maximum Gasteiger partial charge on any atom is 0.107 e. The Balaban J connectivity index is 1.36. The van der Waals surface area contributed by atoms with Crippen molar-refractivity contribution >= 4 is 11.3 Å². The molecule has 1 N–H and O–H groups in total. The lowest BCUT2D eigenvalue weighted by atomic mass is 10.1. The highest BCUT2D eigenvalue weighted by atomic mass is 32.1. The molecule has 100 valence electrons. The third kappa shape index (κ3) is 3.77. The van der Waals surface area contributed by atoms with Gasteiger partial charge < -0.3 is 10.1 Å². The van der Waals surface area contributed by atoms with Gasteiger partial charge in [0.05, 0.1) is 12.3 Å². The molecule has 0 aliphatic heterocycles. The monoisotopic (exact) mass is 266 g/mol. The van der Waals surface area contributed by atoms with Gasteiger partial charge in [-0.15, -0.1) is 11.3 Å². The molecule has 2 aliphatic carbocycles. The van der Waals surface area contributed by atoms with Crippen LogP contribution in [0.15, 0.2) is 5.38 Å². The molecule has 4 heteroatoms. The smallest absolute Gasteiger partial charge is 0.107 e. The minimum atomic E-state index is 0.691. The molecule has 0 radical (unpaired) electrons. The topological polar surface area (TPSA) is 34.2 Å². The molecule has 3 rings (SSSR count). The van der Waals surface area contributed by atoms with Crippen LogP contribution in [-0.4, -0.2) is 17.6 Å². The van der Waals surface area contributed by atoms with Crippen LogP contribution in [0, 0.1) is 5.92 Å². The Morgan fingerprint density at radius 1 is 1.28 bits per heavy atom. The highest BCUT2D eigenvalue weighted by molar-refractivity contribution is 7.09. The van der Waals surface area contributed by atoms with Crippen LogP contribution >= 0.6 is 11.3 Å². The lowest BCUT2D eigenvalue weighted by Crippen LogP contribution is -2.15. The average molecular weight is 266 g/mol. The lowest BCUT2D eigenvalue weighted by molar-refractivity contribution is 0.0869. The normalized spacial score (nSPS) is 20.7. The number of nitrogens with one attached hydrogen (secondary N) is 1. The van der Waals surface area contributed by atoms with E-state index in [1.165, 1.54) is 43.5 Å². The van der Waals surface area contributed by atoms with E-state index in [2.05, 4.69) is 15.7 Å². The first kappa shape index (κ1) is 12.6. The molecule has 2 fully saturated rings. The Kier molecular flexibility index (Phi) is 4.28. The zero-order valence-electron chi connectivity index (χ0n) is 10.9. The van der Waals surface area contributed by atoms with Gasteiger partial charge in [0.15, 0.2) is 0 Å². The summed E-state index contributed by atoms with van der Waals surface area (Å²) in [7, 11) is 0. The number of ether oxygens (including phenoxy) is 1. The number of nitrogens with zero attached hydrogens (tertiary/aromatic N) is 1. The van der Waals surface area contributed by atoms with Gasteiger partial charge in [-0.25, -0.2) is 4.98 Å². The van der Waals surface area contributed by atoms with Gasteiger partial charge in [0, 0.05) is 24.6 Å². The molecule has 0 bridgehead atoms. The summed E-state index contributed by atoms with van der Waals surface area (Å²) in [5.41, 5.74) is 1.10. The van der Waals surface area contributed by atoms with Crippen LogP contribution in [0.25, 0.3) is 0 Å². The summed E-state index contributed by atoms with van der Waals surface area (Å²) in [6.45, 7) is 2.54. The van der Waals surface area contributed by atoms with E-state index >= 15 is 0 Å². The van der Waals surface area contributed by atoms with Crippen molar-refractivity contribution in [1.29, 1.82) is 0 Å². The van der Waals surface area contributed by atoms with Gasteiger partial charge in [0.1, 0.15) is 5.01 Å². The van der Waals surface area contributed by atoms with Crippen molar-refractivity contribution in [2.75, 3.05) is 6.61 Å². The summed E-state index contributed by atoms with van der Waals surface area (Å²) in [5, 5.41) is 6.83. The first-order valence-electron chi connectivity index (χ1n) is 7.14. The summed E-state index contributed by atoms with van der Waals surface area (Å²) >= 11 is 1.75. The fraction of sp³-hybridized carbons (Fsp3) is 0.786. The average Bonchev–Trinajstić information content (AvgIpc) is 2.89. The van der Waals surface area contributed by atoms with E-state index in [0.29, 0.717) is 6.61 Å². The van der Waals surface area contributed by atoms with Crippen molar-refractivity contribution in [3.63, 3.8) is 0 Å². The van der Waals surface area contributed by atoms with Crippen LogP contribution in [0.5, 0.6) is 0 Å². The van der Waals surface area contributed by atoms with Crippen molar-refractivity contribution in [3.8, 4) is 0 Å². The molecule has 0 saturated heterocycles. The molecule has 3 nitrogen and oxygen atoms in total. The molecule has 2 saturated carbocycles. The molecule has 0 spiro atoms. The van der Waals surface area contributed by atoms with Crippen molar-refractivity contribution in [2.24, 2.45) is 5.92 Å². The van der Waals surface area contributed by atoms with E-state index in [9.17, 15) is 0 Å². The van der Waals surface area contributed by atoms with Crippen molar-refractivity contribution in [1.82, 2.24) is 10.3 Å². The van der Waals surface area contributed by atoms with Crippen molar-refractivity contribution in [2.45, 2.75) is 57.7 Å². The Labute approximate surface area is 113 Å². The third-order valence-electron chi connectivity index (χ3n) is 3.80. The molecular formula is C14H22N2OS. The van der Waals surface area contributed by atoms with Gasteiger partial charge in [-0.3, -0.25) is 0 Å². The van der Waals surface area contributed by atoms with Crippen LogP contribution in [0.1, 0.15) is 49.2 Å². The van der Waals surface area contributed by atoms with Crippen LogP contribution < -0.4 is 5.32 Å². The first-order valence-corrected chi connectivity index (χ1v) is 8.02. The Hall–Kier alpha value is -0.450. The fourth-order valence-electron chi connectivity index (χ4n) is 2.52. The fourth-order valence-corrected chi connectivity index (χ4v) is 3.25. The largest absolute Gasteiger partial charge is 0.375 e. The van der Waals surface area contributed by atoms with Crippen LogP contribution in [-0.2, 0) is 17.9 Å². The summed E-state index contributed by atoms with van der Waals surface area (Å²) < 4.78 is 5.78. The third-order valence-corrected chi connectivity index (χ3v) is 4.69. The van der Waals surface area contributed by atoms with Crippen molar-refractivity contribution < 1.29 is 4.74 Å². The molecule has 1 heterocycles. The summed E-state index contributed by atoms with van der Waals surface area (Å²) in [5.74, 6) is 0.805. The molecule has 18 heavy (non-hydrogen) atoms. The zero-order valence-corrected chi connectivity index (χ0v) is 11.7. The van der Waals surface area contributed by atoms with Crippen LogP contribution in [0.3, 0.4) is 0 Å². The molecule has 0 amide bonds. The van der Waals surface area contributed by atoms with Gasteiger partial charge in [-0.1, -0.05) is 12.8 Å². The first-order chi connectivity index (χ1) is 8.90. The molecular weight excluding hydrogens is 244 g/mol. The second-order valence-corrected chi connectivity index (χ2v) is 6.50. The van der Waals surface area contributed by atoms with Gasteiger partial charge in [0.25, 0.3) is 0 Å². The standard InChI is InChI=1S/C14H22N2OS/c1-2-4-11(3-1)8-17-9-13-10-18-14(16-13)7-15-12-5-6-12/h10-12,15H,1-9H2. The van der Waals surface area contributed by atoms with E-state index < -0.39 is 0 Å². The van der Waals surface area contributed by atoms with E-state index in [0.717, 1.165) is 30.8 Å². The molecule has 1 aromatic rings. The van der Waals surface area contributed by atoms with Crippen molar-refractivity contribution in [3.05, 3.63) is 16.1 Å². The maximum atomic E-state index is 5.78. The number of rotatable bonds is 7. The Morgan fingerprint density at radius 3 is 2.89 bits per heavy atom. The molecule has 0 unspecified atom stereocenters.